The first-order valence-corrected chi connectivity index (χ1v) is 13.2. The third kappa shape index (κ3) is 6.54. The van der Waals surface area contributed by atoms with Crippen molar-refractivity contribution < 1.29 is 19.4 Å². The van der Waals surface area contributed by atoms with Crippen LogP contribution in [0, 0.1) is 6.92 Å². The van der Waals surface area contributed by atoms with Crippen molar-refractivity contribution in [2.75, 3.05) is 42.9 Å². The Hall–Kier alpha value is -3.07. The summed E-state index contributed by atoms with van der Waals surface area (Å²) in [6, 6.07) is 15.9. The summed E-state index contributed by atoms with van der Waals surface area (Å²) in [7, 11) is 0. The van der Waals surface area contributed by atoms with Gasteiger partial charge in [-0.3, -0.25) is 14.5 Å². The van der Waals surface area contributed by atoms with Crippen molar-refractivity contribution in [3.05, 3.63) is 70.7 Å². The fraction of sp³-hybridized carbons (Fsp3) is 0.370. The summed E-state index contributed by atoms with van der Waals surface area (Å²) in [5, 5.41) is 5.87. The van der Waals surface area contributed by atoms with Crippen molar-refractivity contribution in [2.45, 2.75) is 33.7 Å². The van der Waals surface area contributed by atoms with Gasteiger partial charge in [-0.25, -0.2) is 4.98 Å². The maximum Gasteiger partial charge on any atom is 0.279 e. The number of thiazole rings is 1. The van der Waals surface area contributed by atoms with E-state index in [1.54, 1.807) is 11.8 Å². The van der Waals surface area contributed by atoms with Gasteiger partial charge < -0.3 is 15.1 Å². The van der Waals surface area contributed by atoms with Crippen molar-refractivity contribution in [1.29, 1.82) is 0 Å². The number of nitrogens with one attached hydrogen (secondary N) is 3. The number of hydrogen-bond donors (Lipinski definition) is 3. The van der Waals surface area contributed by atoms with Crippen molar-refractivity contribution in [1.82, 2.24) is 4.98 Å². The monoisotopic (exact) mass is 493 g/mol. The van der Waals surface area contributed by atoms with Crippen molar-refractivity contribution in [3.63, 3.8) is 0 Å². The Morgan fingerprint density at radius 1 is 1.06 bits per heavy atom. The average molecular weight is 494 g/mol. The highest BCUT2D eigenvalue weighted by Crippen LogP contribution is 2.29. The molecule has 0 radical (unpaired) electrons. The number of aromatic nitrogens is 1. The molecule has 1 fully saturated rings. The molecule has 0 aliphatic carbocycles. The first-order chi connectivity index (χ1) is 16.9. The molecule has 7 nitrogen and oxygen atoms in total. The van der Waals surface area contributed by atoms with E-state index in [0.717, 1.165) is 61.8 Å². The number of benzene rings is 2. The molecular formula is C27H35N5O2S+2. The Morgan fingerprint density at radius 3 is 2.51 bits per heavy atom. The van der Waals surface area contributed by atoms with E-state index in [1.807, 2.05) is 49.4 Å². The molecule has 0 bridgehead atoms. The summed E-state index contributed by atoms with van der Waals surface area (Å²) in [5.41, 5.74) is 5.06. The molecule has 2 heterocycles. The van der Waals surface area contributed by atoms with Crippen molar-refractivity contribution in [2.24, 2.45) is 0 Å². The lowest BCUT2D eigenvalue weighted by Crippen LogP contribution is -3.28. The molecule has 3 N–H and O–H groups in total. The molecule has 184 valence electrons. The first-order valence-electron chi connectivity index (χ1n) is 12.3. The quantitative estimate of drug-likeness (QED) is 0.447. The summed E-state index contributed by atoms with van der Waals surface area (Å²) < 4.78 is 0. The lowest BCUT2D eigenvalue weighted by Gasteiger charge is -2.29. The van der Waals surface area contributed by atoms with Crippen LogP contribution in [0.1, 0.15) is 30.7 Å². The first kappa shape index (κ1) is 25.0. The Balaban J connectivity index is 1.29. The molecule has 0 saturated carbocycles. The molecule has 2 amide bonds. The molecule has 1 aromatic heterocycles. The second-order valence-electron chi connectivity index (χ2n) is 9.23. The minimum absolute atomic E-state index is 0.0408. The lowest BCUT2D eigenvalue weighted by molar-refractivity contribution is -1.02. The Morgan fingerprint density at radius 2 is 1.80 bits per heavy atom. The lowest BCUT2D eigenvalue weighted by atomic mass is 10.1. The Bertz CT molecular complexity index is 1170. The molecule has 35 heavy (non-hydrogen) atoms. The average Bonchev–Trinajstić information content (AvgIpc) is 3.28. The number of nitrogens with zero attached hydrogens (tertiary/aromatic N) is 2. The topological polar surface area (TPSA) is 71.2 Å². The number of carbonyl (C=O) groups is 2. The van der Waals surface area contributed by atoms with Gasteiger partial charge in [-0.1, -0.05) is 37.3 Å². The molecule has 0 atom stereocenters. The van der Waals surface area contributed by atoms with E-state index < -0.39 is 0 Å². The highest BCUT2D eigenvalue weighted by molar-refractivity contribution is 7.14. The van der Waals surface area contributed by atoms with Gasteiger partial charge in [-0.05, 0) is 42.7 Å². The van der Waals surface area contributed by atoms with Crippen LogP contribution in [0.25, 0.3) is 0 Å². The van der Waals surface area contributed by atoms with Gasteiger partial charge in [0.2, 0.25) is 5.91 Å². The zero-order chi connectivity index (χ0) is 24.8. The number of rotatable bonds is 8. The molecular weight excluding hydrogens is 458 g/mol. The fourth-order valence-corrected chi connectivity index (χ4v) is 5.50. The van der Waals surface area contributed by atoms with Gasteiger partial charge >= 0.3 is 0 Å². The van der Waals surface area contributed by atoms with E-state index in [9.17, 15) is 9.59 Å². The van der Waals surface area contributed by atoms with Gasteiger partial charge in [-0.15, -0.1) is 11.3 Å². The van der Waals surface area contributed by atoms with Crippen LogP contribution in [0.5, 0.6) is 0 Å². The van der Waals surface area contributed by atoms with Gasteiger partial charge in [0.25, 0.3) is 5.91 Å². The van der Waals surface area contributed by atoms with Crippen LogP contribution < -0.4 is 20.0 Å². The van der Waals surface area contributed by atoms with Gasteiger partial charge in [0, 0.05) is 18.0 Å². The number of anilines is 3. The number of carbonyl (C=O) groups excluding carboxylic acids is 2. The van der Waals surface area contributed by atoms with E-state index >= 15 is 0 Å². The minimum atomic E-state index is -0.0408. The molecule has 3 aromatic rings. The van der Waals surface area contributed by atoms with E-state index in [4.69, 9.17) is 4.98 Å². The zero-order valence-corrected chi connectivity index (χ0v) is 21.6. The van der Waals surface area contributed by atoms with Crippen LogP contribution in [0.15, 0.2) is 53.9 Å². The van der Waals surface area contributed by atoms with Gasteiger partial charge in [-0.2, -0.15) is 0 Å². The largest absolute Gasteiger partial charge is 0.321 e. The van der Waals surface area contributed by atoms with Gasteiger partial charge in [0.15, 0.2) is 11.7 Å². The predicted molar refractivity (Wildman–Crippen MR) is 141 cm³/mol. The predicted octanol–water partition coefficient (Wildman–Crippen LogP) is 1.62. The van der Waals surface area contributed by atoms with Crippen LogP contribution in [0.3, 0.4) is 0 Å². The SMILES string of the molecule is CCc1ccccc1NC(=O)C[NH+]1CC[NH+](Cc2csc(N(C(C)=O)c3cccc(C)c3)n2)CC1. The van der Waals surface area contributed by atoms with Crippen LogP contribution in [-0.4, -0.2) is 49.5 Å². The number of para-hydroxylation sites is 1. The fourth-order valence-electron chi connectivity index (χ4n) is 4.61. The number of piperazine rings is 1. The minimum Gasteiger partial charge on any atom is -0.321 e. The maximum atomic E-state index is 12.6. The molecule has 0 unspecified atom stereocenters. The van der Waals surface area contributed by atoms with E-state index in [1.165, 1.54) is 26.7 Å². The molecule has 0 spiro atoms. The number of hydrogen-bond acceptors (Lipinski definition) is 4. The summed E-state index contributed by atoms with van der Waals surface area (Å²) in [4.78, 5) is 34.3. The summed E-state index contributed by atoms with van der Waals surface area (Å²) in [6.45, 7) is 10.9. The van der Waals surface area contributed by atoms with Gasteiger partial charge in [0.1, 0.15) is 38.4 Å². The molecule has 8 heteroatoms. The van der Waals surface area contributed by atoms with E-state index in [2.05, 4.69) is 23.7 Å². The summed E-state index contributed by atoms with van der Waals surface area (Å²) in [5.74, 6) is 0.0369. The zero-order valence-electron chi connectivity index (χ0n) is 20.8. The molecule has 2 aromatic carbocycles. The maximum absolute atomic E-state index is 12.6. The molecule has 1 saturated heterocycles. The Labute approximate surface area is 211 Å². The van der Waals surface area contributed by atoms with E-state index in [0.29, 0.717) is 11.7 Å². The summed E-state index contributed by atoms with van der Waals surface area (Å²) in [6.07, 6.45) is 0.902. The molecule has 1 aliphatic rings. The number of quaternary nitrogens is 2. The normalized spacial score (nSPS) is 17.7. The highest BCUT2D eigenvalue weighted by atomic mass is 32.1. The smallest absolute Gasteiger partial charge is 0.279 e. The van der Waals surface area contributed by atoms with Crippen LogP contribution in [-0.2, 0) is 22.6 Å². The standard InChI is InChI=1S/C27H33N5O2S/c1-4-22-9-5-6-11-25(22)29-26(34)18-31-14-12-30(13-15-31)17-23-19-35-27(28-23)32(21(3)33)24-10-7-8-20(2)16-24/h5-11,16,19H,4,12-15,17-18H2,1-3H3,(H,29,34)/p+2. The molecule has 1 aliphatic heterocycles. The van der Waals surface area contributed by atoms with Crippen molar-refractivity contribution >= 4 is 39.7 Å². The van der Waals surface area contributed by atoms with Crippen LogP contribution in [0.4, 0.5) is 16.5 Å². The Kier molecular flexibility index (Phi) is 8.28. The van der Waals surface area contributed by atoms with E-state index in [-0.39, 0.29) is 11.8 Å². The second kappa shape index (κ2) is 11.6. The van der Waals surface area contributed by atoms with Crippen LogP contribution in [0.2, 0.25) is 0 Å². The third-order valence-corrected chi connectivity index (χ3v) is 7.36. The number of aryl methyl sites for hydroxylation is 2. The number of amides is 2. The third-order valence-electron chi connectivity index (χ3n) is 6.48. The van der Waals surface area contributed by atoms with Crippen molar-refractivity contribution in [3.8, 4) is 0 Å². The second-order valence-corrected chi connectivity index (χ2v) is 10.1. The molecule has 4 rings (SSSR count). The summed E-state index contributed by atoms with van der Waals surface area (Å²) >= 11 is 1.51. The highest BCUT2D eigenvalue weighted by Gasteiger charge is 2.26. The van der Waals surface area contributed by atoms with Crippen LogP contribution >= 0.6 is 11.3 Å². The van der Waals surface area contributed by atoms with Gasteiger partial charge in [0.05, 0.1) is 5.69 Å².